The summed E-state index contributed by atoms with van der Waals surface area (Å²) in [6, 6.07) is 10.6. The highest BCUT2D eigenvalue weighted by atomic mass is 19.4. The summed E-state index contributed by atoms with van der Waals surface area (Å²) in [7, 11) is 0. The van der Waals surface area contributed by atoms with Gasteiger partial charge in [-0.3, -0.25) is 9.78 Å². The first-order valence-corrected chi connectivity index (χ1v) is 13.7. The molecule has 1 fully saturated rings. The fraction of sp³-hybridized carbons (Fsp3) is 0.367. The van der Waals surface area contributed by atoms with Crippen LogP contribution in [-0.4, -0.2) is 61.6 Å². The number of hydrogen-bond donors (Lipinski definition) is 3. The topological polar surface area (TPSA) is 102 Å². The lowest BCUT2D eigenvalue weighted by Gasteiger charge is -2.30. The summed E-state index contributed by atoms with van der Waals surface area (Å²) in [5, 5.41) is 7.41. The van der Waals surface area contributed by atoms with Gasteiger partial charge in [-0.25, -0.2) is 18.0 Å². The molecule has 0 unspecified atom stereocenters. The monoisotopic (exact) mass is 624 g/mol. The van der Waals surface area contributed by atoms with E-state index in [0.29, 0.717) is 18.5 Å². The number of anilines is 1. The standard InChI is InChI=1S/C30H30F6N4O4/c31-19-6-4-18(5-7-19)24(22-10-11-37-14-26(22)33)12-28(41)40-27-3-1-2-25(32)23(27)9-8-21-13-38-20(15-43-21)16-44-29(42)39-17-30(34,35)36/h1-7,10-11,14,20-21,24,38H,8-9,12-13,15-17H2,(H,39,42)(H,40,41)/t20-,21+,24-/m0/s1. The zero-order valence-electron chi connectivity index (χ0n) is 23.3. The predicted octanol–water partition coefficient (Wildman–Crippen LogP) is 5.24. The molecule has 4 rings (SSSR count). The number of nitrogens with one attached hydrogen (secondary N) is 3. The molecule has 0 spiro atoms. The predicted molar refractivity (Wildman–Crippen MR) is 147 cm³/mol. The van der Waals surface area contributed by atoms with Crippen LogP contribution in [0.1, 0.15) is 35.4 Å². The molecule has 1 aliphatic rings. The van der Waals surface area contributed by atoms with Gasteiger partial charge in [0.05, 0.1) is 24.9 Å². The van der Waals surface area contributed by atoms with E-state index in [-0.39, 0.29) is 49.0 Å². The number of carbonyl (C=O) groups excluding carboxylic acids is 2. The van der Waals surface area contributed by atoms with Gasteiger partial charge in [-0.2, -0.15) is 13.2 Å². The van der Waals surface area contributed by atoms with Crippen LogP contribution in [0.3, 0.4) is 0 Å². The van der Waals surface area contributed by atoms with Crippen LogP contribution >= 0.6 is 0 Å². The molecule has 236 valence electrons. The number of aromatic nitrogens is 1. The molecule has 2 amide bonds. The highest BCUT2D eigenvalue weighted by molar-refractivity contribution is 5.92. The number of rotatable bonds is 11. The smallest absolute Gasteiger partial charge is 0.407 e. The number of ether oxygens (including phenoxy) is 2. The molecule has 0 saturated carbocycles. The van der Waals surface area contributed by atoms with Crippen molar-refractivity contribution in [3.05, 3.63) is 95.1 Å². The Morgan fingerprint density at radius 3 is 2.52 bits per heavy atom. The van der Waals surface area contributed by atoms with Crippen LogP contribution in [0.25, 0.3) is 0 Å². The third-order valence-corrected chi connectivity index (χ3v) is 6.97. The number of morpholine rings is 1. The van der Waals surface area contributed by atoms with Crippen LogP contribution in [0.4, 0.5) is 36.8 Å². The first kappa shape index (κ1) is 32.7. The number of alkyl halides is 3. The van der Waals surface area contributed by atoms with Crippen molar-refractivity contribution in [2.75, 3.05) is 31.6 Å². The summed E-state index contributed by atoms with van der Waals surface area (Å²) >= 11 is 0. The van der Waals surface area contributed by atoms with Crippen molar-refractivity contribution in [3.8, 4) is 0 Å². The molecule has 3 atom stereocenters. The molecule has 1 aliphatic heterocycles. The SMILES string of the molecule is O=C(C[C@@H](c1ccc(F)cc1)c1ccncc1F)Nc1cccc(F)c1CC[C@@H]1CN[C@H](COC(=O)NCC(F)(F)F)CO1. The Labute approximate surface area is 249 Å². The van der Waals surface area contributed by atoms with Gasteiger partial charge in [0, 0.05) is 36.3 Å². The summed E-state index contributed by atoms with van der Waals surface area (Å²) in [6.45, 7) is -1.29. The second kappa shape index (κ2) is 15.0. The molecule has 2 aromatic carbocycles. The zero-order chi connectivity index (χ0) is 31.7. The first-order valence-electron chi connectivity index (χ1n) is 13.7. The number of hydrogen-bond acceptors (Lipinski definition) is 6. The van der Waals surface area contributed by atoms with E-state index in [4.69, 9.17) is 9.47 Å². The number of halogens is 6. The third kappa shape index (κ3) is 9.67. The number of benzene rings is 2. The maximum Gasteiger partial charge on any atom is 0.407 e. The molecule has 8 nitrogen and oxygen atoms in total. The molecule has 14 heteroatoms. The second-order valence-corrected chi connectivity index (χ2v) is 10.2. The number of carbonyl (C=O) groups is 2. The van der Waals surface area contributed by atoms with E-state index in [0.717, 1.165) is 6.20 Å². The van der Waals surface area contributed by atoms with Gasteiger partial charge in [-0.1, -0.05) is 18.2 Å². The first-order chi connectivity index (χ1) is 21.0. The Bertz CT molecular complexity index is 1420. The molecule has 0 radical (unpaired) electrons. The van der Waals surface area contributed by atoms with Gasteiger partial charge >= 0.3 is 12.3 Å². The molecule has 3 aromatic rings. The Hall–Kier alpha value is -4.17. The van der Waals surface area contributed by atoms with E-state index >= 15 is 0 Å². The molecule has 1 aromatic heterocycles. The van der Waals surface area contributed by atoms with Crippen molar-refractivity contribution >= 4 is 17.7 Å². The zero-order valence-corrected chi connectivity index (χ0v) is 23.3. The van der Waals surface area contributed by atoms with Gasteiger partial charge in [0.1, 0.15) is 30.6 Å². The largest absolute Gasteiger partial charge is 0.448 e. The van der Waals surface area contributed by atoms with Crippen LogP contribution < -0.4 is 16.0 Å². The van der Waals surface area contributed by atoms with Gasteiger partial charge in [0.25, 0.3) is 0 Å². The van der Waals surface area contributed by atoms with E-state index in [2.05, 4.69) is 15.6 Å². The molecule has 2 heterocycles. The molecular weight excluding hydrogens is 594 g/mol. The number of pyridine rings is 1. The van der Waals surface area contributed by atoms with Crippen molar-refractivity contribution < 1.29 is 45.4 Å². The number of nitrogens with zero attached hydrogens (tertiary/aromatic N) is 1. The Kier molecular flexibility index (Phi) is 11.2. The molecule has 1 saturated heterocycles. The average molecular weight is 625 g/mol. The van der Waals surface area contributed by atoms with E-state index in [1.807, 2.05) is 0 Å². The molecule has 3 N–H and O–H groups in total. The van der Waals surface area contributed by atoms with Crippen molar-refractivity contribution in [1.82, 2.24) is 15.6 Å². The van der Waals surface area contributed by atoms with Crippen molar-refractivity contribution in [2.24, 2.45) is 0 Å². The van der Waals surface area contributed by atoms with Crippen LogP contribution in [0, 0.1) is 17.5 Å². The summed E-state index contributed by atoms with van der Waals surface area (Å²) in [6.07, 6.45) is -3.35. The van der Waals surface area contributed by atoms with Gasteiger partial charge < -0.3 is 25.4 Å². The normalized spacial score (nSPS) is 17.5. The van der Waals surface area contributed by atoms with Crippen molar-refractivity contribution in [3.63, 3.8) is 0 Å². The van der Waals surface area contributed by atoms with Crippen LogP contribution in [-0.2, 0) is 20.7 Å². The van der Waals surface area contributed by atoms with E-state index < -0.39 is 54.1 Å². The Morgan fingerprint density at radius 2 is 1.84 bits per heavy atom. The van der Waals surface area contributed by atoms with Crippen LogP contribution in [0.15, 0.2) is 60.9 Å². The van der Waals surface area contributed by atoms with Crippen LogP contribution in [0.5, 0.6) is 0 Å². The van der Waals surface area contributed by atoms with Crippen LogP contribution in [0.2, 0.25) is 0 Å². The lowest BCUT2D eigenvalue weighted by molar-refractivity contribution is -0.124. The highest BCUT2D eigenvalue weighted by Crippen LogP contribution is 2.31. The fourth-order valence-corrected chi connectivity index (χ4v) is 4.75. The van der Waals surface area contributed by atoms with Crippen molar-refractivity contribution in [2.45, 2.75) is 43.5 Å². The lowest BCUT2D eigenvalue weighted by atomic mass is 9.88. The van der Waals surface area contributed by atoms with Gasteiger partial charge in [-0.05, 0) is 54.3 Å². The molecule has 44 heavy (non-hydrogen) atoms. The average Bonchev–Trinajstić information content (AvgIpc) is 2.98. The molecule has 0 aliphatic carbocycles. The summed E-state index contributed by atoms with van der Waals surface area (Å²) < 4.78 is 90.2. The molecule has 0 bridgehead atoms. The molecular formula is C30H30F6N4O4. The van der Waals surface area contributed by atoms with E-state index in [1.54, 1.807) is 11.4 Å². The van der Waals surface area contributed by atoms with Gasteiger partial charge in [0.15, 0.2) is 0 Å². The summed E-state index contributed by atoms with van der Waals surface area (Å²) in [5.41, 5.74) is 1.19. The fourth-order valence-electron chi connectivity index (χ4n) is 4.75. The minimum Gasteiger partial charge on any atom is -0.448 e. The van der Waals surface area contributed by atoms with E-state index in [9.17, 15) is 35.9 Å². The highest BCUT2D eigenvalue weighted by Gasteiger charge is 2.29. The lowest BCUT2D eigenvalue weighted by Crippen LogP contribution is -2.49. The quantitative estimate of drug-likeness (QED) is 0.253. The maximum absolute atomic E-state index is 14.9. The second-order valence-electron chi connectivity index (χ2n) is 10.2. The van der Waals surface area contributed by atoms with E-state index in [1.165, 1.54) is 48.7 Å². The summed E-state index contributed by atoms with van der Waals surface area (Å²) in [5.74, 6) is -2.92. The Balaban J connectivity index is 1.32. The third-order valence-electron chi connectivity index (χ3n) is 6.97. The van der Waals surface area contributed by atoms with Gasteiger partial charge in [-0.15, -0.1) is 0 Å². The number of alkyl carbamates (subject to hydrolysis) is 1. The minimum absolute atomic E-state index is 0.106. The van der Waals surface area contributed by atoms with Crippen molar-refractivity contribution in [1.29, 1.82) is 0 Å². The summed E-state index contributed by atoms with van der Waals surface area (Å²) in [4.78, 5) is 28.4. The Morgan fingerprint density at radius 1 is 1.07 bits per heavy atom. The number of amides is 2. The van der Waals surface area contributed by atoms with Gasteiger partial charge in [0.2, 0.25) is 5.91 Å². The maximum atomic E-state index is 14.9. The minimum atomic E-state index is -4.55.